The molecule has 0 saturated carbocycles. The van der Waals surface area contributed by atoms with Gasteiger partial charge in [-0.25, -0.2) is 0 Å². The van der Waals surface area contributed by atoms with Crippen LogP contribution in [0.1, 0.15) is 20.3 Å². The van der Waals surface area contributed by atoms with Crippen LogP contribution in [0, 0.1) is 0 Å². The van der Waals surface area contributed by atoms with E-state index in [1.807, 2.05) is 44.2 Å². The van der Waals surface area contributed by atoms with Gasteiger partial charge in [0.2, 0.25) is 5.91 Å². The van der Waals surface area contributed by atoms with E-state index in [1.165, 1.54) is 11.8 Å². The second kappa shape index (κ2) is 5.37. The summed E-state index contributed by atoms with van der Waals surface area (Å²) < 4.78 is -0.434. The molecule has 0 aliphatic heterocycles. The molecule has 0 fully saturated rings. The Hall–Kier alpha value is -1.00. The lowest BCUT2D eigenvalue weighted by molar-refractivity contribution is -0.120. The molecule has 1 atom stereocenters. The minimum absolute atomic E-state index is 0.00711. The summed E-state index contributed by atoms with van der Waals surface area (Å²) >= 11 is 1.54. The number of aliphatic hydroxyl groups excluding tert-OH is 1. The number of benzene rings is 1. The molecule has 88 valence electrons. The lowest BCUT2D eigenvalue weighted by Crippen LogP contribution is -2.36. The lowest BCUT2D eigenvalue weighted by Gasteiger charge is -2.29. The highest BCUT2D eigenvalue weighted by molar-refractivity contribution is 8.00. The van der Waals surface area contributed by atoms with Crippen molar-refractivity contribution in [2.45, 2.75) is 36.0 Å². The minimum Gasteiger partial charge on any atom is -0.391 e. The predicted molar refractivity (Wildman–Crippen MR) is 66.2 cm³/mol. The smallest absolute Gasteiger partial charge is 0.220 e. The van der Waals surface area contributed by atoms with Crippen molar-refractivity contribution >= 4 is 17.7 Å². The number of amides is 1. The second-order valence-corrected chi connectivity index (χ2v) is 5.93. The van der Waals surface area contributed by atoms with E-state index in [0.717, 1.165) is 4.90 Å². The summed E-state index contributed by atoms with van der Waals surface area (Å²) in [7, 11) is 0. The van der Waals surface area contributed by atoms with E-state index in [9.17, 15) is 9.90 Å². The summed E-state index contributed by atoms with van der Waals surface area (Å²) in [6.07, 6.45) is -0.748. The summed E-state index contributed by atoms with van der Waals surface area (Å²) in [6.45, 7) is 3.80. The Balaban J connectivity index is 2.67. The molecule has 0 radical (unpaired) electrons. The molecule has 0 aliphatic rings. The zero-order chi connectivity index (χ0) is 12.2. The molecule has 1 unspecified atom stereocenters. The number of carbonyl (C=O) groups excluding carboxylic acids is 1. The summed E-state index contributed by atoms with van der Waals surface area (Å²) in [5, 5.41) is 9.89. The largest absolute Gasteiger partial charge is 0.391 e. The maximum absolute atomic E-state index is 10.8. The Morgan fingerprint density at radius 2 is 2.00 bits per heavy atom. The number of rotatable bonds is 5. The van der Waals surface area contributed by atoms with E-state index < -0.39 is 16.8 Å². The third kappa shape index (κ3) is 3.87. The van der Waals surface area contributed by atoms with Gasteiger partial charge >= 0.3 is 0 Å². The van der Waals surface area contributed by atoms with Crippen LogP contribution in [0.15, 0.2) is 35.2 Å². The maximum atomic E-state index is 10.8. The van der Waals surface area contributed by atoms with Gasteiger partial charge in [0.25, 0.3) is 0 Å². The van der Waals surface area contributed by atoms with Crippen molar-refractivity contribution in [3.05, 3.63) is 30.3 Å². The fourth-order valence-electron chi connectivity index (χ4n) is 1.30. The van der Waals surface area contributed by atoms with Crippen molar-refractivity contribution in [2.75, 3.05) is 0 Å². The summed E-state index contributed by atoms with van der Waals surface area (Å²) in [5.74, 6) is -0.478. The van der Waals surface area contributed by atoms with Crippen LogP contribution in [0.4, 0.5) is 0 Å². The van der Waals surface area contributed by atoms with Gasteiger partial charge in [0.05, 0.1) is 12.5 Å². The molecule has 0 heterocycles. The Labute approximate surface area is 100 Å². The Morgan fingerprint density at radius 3 is 2.50 bits per heavy atom. The molecule has 0 aromatic heterocycles. The third-order valence-electron chi connectivity index (χ3n) is 2.32. The molecule has 1 rings (SSSR count). The first-order valence-corrected chi connectivity index (χ1v) is 5.94. The van der Waals surface area contributed by atoms with E-state index in [1.54, 1.807) is 0 Å². The minimum atomic E-state index is -0.741. The fraction of sp³-hybridized carbons (Fsp3) is 0.417. The first kappa shape index (κ1) is 13.1. The summed E-state index contributed by atoms with van der Waals surface area (Å²) in [4.78, 5) is 11.8. The average Bonchev–Trinajstić information content (AvgIpc) is 2.17. The van der Waals surface area contributed by atoms with E-state index in [4.69, 9.17) is 5.73 Å². The monoisotopic (exact) mass is 239 g/mol. The number of aliphatic hydroxyl groups is 1. The van der Waals surface area contributed by atoms with Crippen LogP contribution in [0.5, 0.6) is 0 Å². The molecular formula is C12H17NO2S. The van der Waals surface area contributed by atoms with Crippen molar-refractivity contribution in [3.63, 3.8) is 0 Å². The van der Waals surface area contributed by atoms with Gasteiger partial charge in [0.1, 0.15) is 0 Å². The molecule has 1 aromatic carbocycles. The number of hydrogen-bond donors (Lipinski definition) is 2. The van der Waals surface area contributed by atoms with E-state index >= 15 is 0 Å². The van der Waals surface area contributed by atoms with Crippen LogP contribution in [0.3, 0.4) is 0 Å². The third-order valence-corrected chi connectivity index (χ3v) is 3.63. The zero-order valence-electron chi connectivity index (χ0n) is 9.51. The lowest BCUT2D eigenvalue weighted by atomic mass is 10.0. The quantitative estimate of drug-likeness (QED) is 0.770. The van der Waals surface area contributed by atoms with Gasteiger partial charge in [-0.3, -0.25) is 4.79 Å². The molecule has 1 amide bonds. The Bertz CT molecular complexity index is 351. The van der Waals surface area contributed by atoms with Gasteiger partial charge in [-0.05, 0) is 26.0 Å². The van der Waals surface area contributed by atoms with Crippen LogP contribution in [-0.2, 0) is 4.79 Å². The number of nitrogens with two attached hydrogens (primary N) is 1. The molecular weight excluding hydrogens is 222 g/mol. The highest BCUT2D eigenvalue weighted by Gasteiger charge is 2.30. The van der Waals surface area contributed by atoms with Gasteiger partial charge in [-0.2, -0.15) is 0 Å². The molecule has 16 heavy (non-hydrogen) atoms. The van der Waals surface area contributed by atoms with Crippen LogP contribution >= 0.6 is 11.8 Å². The highest BCUT2D eigenvalue weighted by Crippen LogP contribution is 2.35. The first-order chi connectivity index (χ1) is 7.42. The standard InChI is InChI=1S/C12H17NO2S/c1-12(2,10(14)8-11(13)15)16-9-6-4-3-5-7-9/h3-7,10,14H,8H2,1-2H3,(H2,13,15). The Kier molecular flexibility index (Phi) is 4.38. The van der Waals surface area contributed by atoms with Crippen LogP contribution in [0.25, 0.3) is 0 Å². The molecule has 4 heteroatoms. The first-order valence-electron chi connectivity index (χ1n) is 5.12. The van der Waals surface area contributed by atoms with Crippen molar-refractivity contribution in [2.24, 2.45) is 5.73 Å². The number of primary amides is 1. The zero-order valence-corrected chi connectivity index (χ0v) is 10.3. The van der Waals surface area contributed by atoms with Crippen molar-refractivity contribution in [1.29, 1.82) is 0 Å². The molecule has 3 nitrogen and oxygen atoms in total. The highest BCUT2D eigenvalue weighted by atomic mass is 32.2. The van der Waals surface area contributed by atoms with Gasteiger partial charge in [0.15, 0.2) is 0 Å². The summed E-state index contributed by atoms with van der Waals surface area (Å²) in [6, 6.07) is 9.78. The average molecular weight is 239 g/mol. The van der Waals surface area contributed by atoms with Crippen molar-refractivity contribution in [1.82, 2.24) is 0 Å². The van der Waals surface area contributed by atoms with Crippen molar-refractivity contribution < 1.29 is 9.90 Å². The number of thioether (sulfide) groups is 1. The number of hydrogen-bond acceptors (Lipinski definition) is 3. The van der Waals surface area contributed by atoms with Gasteiger partial charge in [-0.1, -0.05) is 18.2 Å². The van der Waals surface area contributed by atoms with Crippen LogP contribution in [0.2, 0.25) is 0 Å². The Morgan fingerprint density at radius 1 is 1.44 bits per heavy atom. The number of carbonyl (C=O) groups is 1. The maximum Gasteiger partial charge on any atom is 0.220 e. The van der Waals surface area contributed by atoms with Crippen LogP contribution in [-0.4, -0.2) is 21.9 Å². The van der Waals surface area contributed by atoms with E-state index in [-0.39, 0.29) is 6.42 Å². The normalized spacial score (nSPS) is 13.4. The molecule has 1 aromatic rings. The molecule has 0 spiro atoms. The molecule has 3 N–H and O–H groups in total. The molecule has 0 bridgehead atoms. The van der Waals surface area contributed by atoms with Crippen LogP contribution < -0.4 is 5.73 Å². The SMILES string of the molecule is CC(C)(Sc1ccccc1)C(O)CC(N)=O. The summed E-state index contributed by atoms with van der Waals surface area (Å²) in [5.41, 5.74) is 5.08. The van der Waals surface area contributed by atoms with Gasteiger partial charge < -0.3 is 10.8 Å². The molecule has 0 aliphatic carbocycles. The van der Waals surface area contributed by atoms with Gasteiger partial charge in [-0.15, -0.1) is 11.8 Å². The predicted octanol–water partition coefficient (Wildman–Crippen LogP) is 1.79. The van der Waals surface area contributed by atoms with E-state index in [0.29, 0.717) is 0 Å². The molecule has 0 saturated heterocycles. The topological polar surface area (TPSA) is 63.3 Å². The van der Waals surface area contributed by atoms with Gasteiger partial charge in [0, 0.05) is 9.64 Å². The van der Waals surface area contributed by atoms with Crippen molar-refractivity contribution in [3.8, 4) is 0 Å². The van der Waals surface area contributed by atoms with E-state index in [2.05, 4.69) is 0 Å². The fourth-order valence-corrected chi connectivity index (χ4v) is 2.42. The second-order valence-electron chi connectivity index (χ2n) is 4.20.